The third kappa shape index (κ3) is 2.08. The standard InChI is InChI=1S/C15H14N2O4/c1-21-15(20)12-6-8-17(12)11-5-4-10(14(18)19)13-9(11)3-2-7-16-13/h2-5,7,12H,6,8H2,1H3,(H,18,19). The molecule has 1 aliphatic heterocycles. The van der Waals surface area contributed by atoms with E-state index in [0.29, 0.717) is 5.52 Å². The van der Waals surface area contributed by atoms with Gasteiger partial charge in [0.2, 0.25) is 0 Å². The largest absolute Gasteiger partial charge is 0.478 e. The van der Waals surface area contributed by atoms with Crippen molar-refractivity contribution in [2.24, 2.45) is 0 Å². The predicted molar refractivity (Wildman–Crippen MR) is 76.5 cm³/mol. The molecule has 0 radical (unpaired) electrons. The van der Waals surface area contributed by atoms with E-state index in [1.165, 1.54) is 13.2 Å². The molecule has 1 aromatic heterocycles. The van der Waals surface area contributed by atoms with E-state index in [0.717, 1.165) is 24.0 Å². The van der Waals surface area contributed by atoms with E-state index >= 15 is 0 Å². The molecular weight excluding hydrogens is 272 g/mol. The molecule has 3 rings (SSSR count). The summed E-state index contributed by atoms with van der Waals surface area (Å²) in [5.74, 6) is -1.29. The highest BCUT2D eigenvalue weighted by atomic mass is 16.5. The van der Waals surface area contributed by atoms with Crippen LogP contribution in [-0.2, 0) is 9.53 Å². The Kier molecular flexibility index (Phi) is 3.21. The number of carboxylic acids is 1. The zero-order valence-corrected chi connectivity index (χ0v) is 11.4. The fourth-order valence-corrected chi connectivity index (χ4v) is 2.64. The maximum atomic E-state index is 11.7. The molecule has 0 bridgehead atoms. The first kappa shape index (κ1) is 13.4. The third-order valence-corrected chi connectivity index (χ3v) is 3.78. The number of carboxylic acid groups (broad SMARTS) is 1. The summed E-state index contributed by atoms with van der Waals surface area (Å²) in [6.45, 7) is 0.732. The zero-order valence-electron chi connectivity index (χ0n) is 11.4. The quantitative estimate of drug-likeness (QED) is 0.865. The maximum absolute atomic E-state index is 11.7. The number of rotatable bonds is 3. The van der Waals surface area contributed by atoms with Crippen LogP contribution in [0.2, 0.25) is 0 Å². The van der Waals surface area contributed by atoms with Gasteiger partial charge in [0.05, 0.1) is 18.2 Å². The van der Waals surface area contributed by atoms with Crippen molar-refractivity contribution in [3.63, 3.8) is 0 Å². The van der Waals surface area contributed by atoms with Gasteiger partial charge in [0.1, 0.15) is 6.04 Å². The zero-order chi connectivity index (χ0) is 15.0. The number of nitrogens with zero attached hydrogens (tertiary/aromatic N) is 2. The van der Waals surface area contributed by atoms with Crippen molar-refractivity contribution in [1.82, 2.24) is 4.98 Å². The summed E-state index contributed by atoms with van der Waals surface area (Å²) in [7, 11) is 1.37. The van der Waals surface area contributed by atoms with Crippen molar-refractivity contribution in [2.45, 2.75) is 12.5 Å². The lowest BCUT2D eigenvalue weighted by atomic mass is 9.99. The first-order valence-electron chi connectivity index (χ1n) is 6.59. The van der Waals surface area contributed by atoms with Crippen molar-refractivity contribution < 1.29 is 19.4 Å². The van der Waals surface area contributed by atoms with Gasteiger partial charge in [-0.05, 0) is 30.7 Å². The minimum absolute atomic E-state index is 0.157. The van der Waals surface area contributed by atoms with Crippen LogP contribution >= 0.6 is 0 Å². The smallest absolute Gasteiger partial charge is 0.337 e. The topological polar surface area (TPSA) is 79.7 Å². The number of anilines is 1. The molecule has 6 nitrogen and oxygen atoms in total. The number of aromatic carboxylic acids is 1. The molecule has 0 amide bonds. The van der Waals surface area contributed by atoms with Crippen LogP contribution in [0, 0.1) is 0 Å². The summed E-state index contributed by atoms with van der Waals surface area (Å²) in [5.41, 5.74) is 1.40. The number of hydrogen-bond acceptors (Lipinski definition) is 5. The summed E-state index contributed by atoms with van der Waals surface area (Å²) >= 11 is 0. The second-order valence-electron chi connectivity index (χ2n) is 4.86. The van der Waals surface area contributed by atoms with Gasteiger partial charge in [-0.25, -0.2) is 9.59 Å². The predicted octanol–water partition coefficient (Wildman–Crippen LogP) is 1.68. The Morgan fingerprint density at radius 3 is 2.81 bits per heavy atom. The minimum Gasteiger partial charge on any atom is -0.478 e. The van der Waals surface area contributed by atoms with Crippen LogP contribution in [-0.4, -0.2) is 41.7 Å². The van der Waals surface area contributed by atoms with E-state index < -0.39 is 5.97 Å². The molecule has 1 aliphatic rings. The molecule has 1 fully saturated rings. The number of pyridine rings is 1. The number of carbonyl (C=O) groups is 2. The van der Waals surface area contributed by atoms with E-state index in [-0.39, 0.29) is 17.6 Å². The van der Waals surface area contributed by atoms with Gasteiger partial charge in [-0.1, -0.05) is 0 Å². The van der Waals surface area contributed by atoms with E-state index in [1.54, 1.807) is 18.3 Å². The van der Waals surface area contributed by atoms with Crippen molar-refractivity contribution in [3.05, 3.63) is 36.0 Å². The van der Waals surface area contributed by atoms with Crippen LogP contribution in [0.1, 0.15) is 16.8 Å². The van der Waals surface area contributed by atoms with Crippen LogP contribution in [0.3, 0.4) is 0 Å². The summed E-state index contributed by atoms with van der Waals surface area (Å²) in [4.78, 5) is 29.1. The molecule has 1 atom stereocenters. The van der Waals surface area contributed by atoms with Crippen molar-refractivity contribution >= 4 is 28.5 Å². The van der Waals surface area contributed by atoms with Crippen LogP contribution in [0.25, 0.3) is 10.9 Å². The Hall–Kier alpha value is -2.63. The molecule has 6 heteroatoms. The van der Waals surface area contributed by atoms with Gasteiger partial charge in [0.15, 0.2) is 0 Å². The van der Waals surface area contributed by atoms with Crippen molar-refractivity contribution in [2.75, 3.05) is 18.6 Å². The van der Waals surface area contributed by atoms with Crippen LogP contribution in [0.15, 0.2) is 30.5 Å². The average molecular weight is 286 g/mol. The number of fused-ring (bicyclic) bond motifs is 1. The molecule has 0 spiro atoms. The summed E-state index contributed by atoms with van der Waals surface area (Å²) in [5, 5.41) is 9.96. The number of ether oxygens (including phenoxy) is 1. The van der Waals surface area contributed by atoms with Gasteiger partial charge >= 0.3 is 11.9 Å². The van der Waals surface area contributed by atoms with Crippen molar-refractivity contribution in [3.8, 4) is 0 Å². The second-order valence-corrected chi connectivity index (χ2v) is 4.86. The fourth-order valence-electron chi connectivity index (χ4n) is 2.64. The Morgan fingerprint density at radius 1 is 1.38 bits per heavy atom. The van der Waals surface area contributed by atoms with Gasteiger partial charge in [-0.2, -0.15) is 0 Å². The highest BCUT2D eigenvalue weighted by Crippen LogP contribution is 2.34. The number of aromatic nitrogens is 1. The van der Waals surface area contributed by atoms with Crippen LogP contribution in [0.4, 0.5) is 5.69 Å². The third-order valence-electron chi connectivity index (χ3n) is 3.78. The summed E-state index contributed by atoms with van der Waals surface area (Å²) in [6, 6.07) is 6.51. The maximum Gasteiger partial charge on any atom is 0.337 e. The lowest BCUT2D eigenvalue weighted by molar-refractivity contribution is -0.143. The number of hydrogen-bond donors (Lipinski definition) is 1. The van der Waals surface area contributed by atoms with E-state index in [1.807, 2.05) is 11.0 Å². The summed E-state index contributed by atoms with van der Waals surface area (Å²) in [6.07, 6.45) is 2.29. The lowest BCUT2D eigenvalue weighted by Crippen LogP contribution is -2.53. The van der Waals surface area contributed by atoms with Crippen molar-refractivity contribution in [1.29, 1.82) is 0 Å². The monoisotopic (exact) mass is 286 g/mol. The highest BCUT2D eigenvalue weighted by Gasteiger charge is 2.36. The number of carbonyl (C=O) groups excluding carboxylic acids is 1. The molecule has 1 N–H and O–H groups in total. The molecule has 1 unspecified atom stereocenters. The van der Waals surface area contributed by atoms with E-state index in [2.05, 4.69) is 4.98 Å². The highest BCUT2D eigenvalue weighted by molar-refractivity contribution is 6.06. The number of esters is 1. The number of methoxy groups -OCH3 is 1. The minimum atomic E-state index is -1.02. The Morgan fingerprint density at radius 2 is 2.19 bits per heavy atom. The van der Waals surface area contributed by atoms with Gasteiger partial charge < -0.3 is 14.7 Å². The van der Waals surface area contributed by atoms with Gasteiger partial charge in [-0.3, -0.25) is 4.98 Å². The molecule has 2 aromatic rings. The lowest BCUT2D eigenvalue weighted by Gasteiger charge is -2.41. The molecule has 1 saturated heterocycles. The Balaban J connectivity index is 2.10. The molecular formula is C15H14N2O4. The average Bonchev–Trinajstić information content (AvgIpc) is 2.46. The van der Waals surface area contributed by atoms with E-state index in [9.17, 15) is 14.7 Å². The number of benzene rings is 1. The normalized spacial score (nSPS) is 17.4. The van der Waals surface area contributed by atoms with Gasteiger partial charge in [0, 0.05) is 23.8 Å². The van der Waals surface area contributed by atoms with Crippen LogP contribution in [0.5, 0.6) is 0 Å². The first-order valence-corrected chi connectivity index (χ1v) is 6.59. The fraction of sp³-hybridized carbons (Fsp3) is 0.267. The first-order chi connectivity index (χ1) is 10.1. The Bertz CT molecular complexity index is 729. The SMILES string of the molecule is COC(=O)C1CCN1c1ccc(C(=O)O)c2ncccc12. The van der Waals surface area contributed by atoms with Gasteiger partial charge in [-0.15, -0.1) is 0 Å². The molecule has 0 aliphatic carbocycles. The molecule has 21 heavy (non-hydrogen) atoms. The molecule has 1 aromatic carbocycles. The van der Waals surface area contributed by atoms with Gasteiger partial charge in [0.25, 0.3) is 0 Å². The molecule has 2 heterocycles. The molecule has 108 valence electrons. The molecule has 0 saturated carbocycles. The van der Waals surface area contributed by atoms with Crippen LogP contribution < -0.4 is 4.90 Å². The summed E-state index contributed by atoms with van der Waals surface area (Å²) < 4.78 is 4.79. The Labute approximate surface area is 121 Å². The van der Waals surface area contributed by atoms with E-state index in [4.69, 9.17) is 4.74 Å². The second kappa shape index (κ2) is 5.05.